The number of hydrogen-bond acceptors (Lipinski definition) is 5. The fraction of sp³-hybridized carbons (Fsp3) is 0.258. The number of nitrogens with one attached hydrogen (secondary N) is 3. The molecule has 3 amide bonds. The average molecular weight is 617 g/mol. The van der Waals surface area contributed by atoms with E-state index in [1.54, 1.807) is 17.0 Å². The zero-order valence-electron chi connectivity index (χ0n) is 22.1. The van der Waals surface area contributed by atoms with Crippen molar-refractivity contribution in [2.24, 2.45) is 0 Å². The van der Waals surface area contributed by atoms with Crippen LogP contribution in [-0.2, 0) is 6.54 Å². The molecule has 1 aliphatic rings. The number of tetrazole rings is 1. The van der Waals surface area contributed by atoms with Gasteiger partial charge in [-0.25, -0.2) is 4.79 Å². The lowest BCUT2D eigenvalue weighted by Crippen LogP contribution is -2.40. The summed E-state index contributed by atoms with van der Waals surface area (Å²) in [6, 6.07) is 22.8. The number of hydrogen-bond donors (Lipinski definition) is 3. The Hall–Kier alpha value is -4.31. The number of rotatable bonds is 8. The number of aromatic amines is 1. The molecule has 5 rings (SSSR count). The van der Waals surface area contributed by atoms with Gasteiger partial charge in [0.1, 0.15) is 0 Å². The van der Waals surface area contributed by atoms with Crippen molar-refractivity contribution in [3.05, 3.63) is 106 Å². The van der Waals surface area contributed by atoms with E-state index in [1.807, 2.05) is 55.5 Å². The predicted octanol–water partition coefficient (Wildman–Crippen LogP) is 7.29. The Morgan fingerprint density at radius 3 is 2.37 bits per heavy atom. The minimum Gasteiger partial charge on any atom is -0.331 e. The molecule has 0 radical (unpaired) electrons. The summed E-state index contributed by atoms with van der Waals surface area (Å²) in [7, 11) is 0. The van der Waals surface area contributed by atoms with Gasteiger partial charge in [-0.15, -0.1) is 5.10 Å². The first kappa shape index (κ1) is 29.7. The van der Waals surface area contributed by atoms with E-state index in [9.17, 15) is 9.59 Å². The van der Waals surface area contributed by atoms with Gasteiger partial charge in [-0.05, 0) is 96.5 Å². The molecule has 0 bridgehead atoms. The number of benzene rings is 3. The van der Waals surface area contributed by atoms with E-state index < -0.39 is 0 Å². The van der Waals surface area contributed by atoms with Crippen LogP contribution in [0.25, 0.3) is 5.57 Å². The molecule has 0 spiro atoms. The van der Waals surface area contributed by atoms with E-state index in [2.05, 4.69) is 65.4 Å². The summed E-state index contributed by atoms with van der Waals surface area (Å²) in [4.78, 5) is 27.9. The second-order valence-electron chi connectivity index (χ2n) is 9.72. The number of anilines is 2. The van der Waals surface area contributed by atoms with Crippen molar-refractivity contribution < 1.29 is 9.59 Å². The van der Waals surface area contributed by atoms with Crippen LogP contribution in [-0.4, -0.2) is 32.6 Å². The summed E-state index contributed by atoms with van der Waals surface area (Å²) >= 11 is 3.46. The quantitative estimate of drug-likeness (QED) is 0.192. The van der Waals surface area contributed by atoms with Gasteiger partial charge in [-0.1, -0.05) is 70.9 Å². The Kier molecular flexibility index (Phi) is 10.0. The zero-order valence-corrected chi connectivity index (χ0v) is 23.7. The van der Waals surface area contributed by atoms with Gasteiger partial charge in [-0.2, -0.15) is 5.21 Å². The van der Waals surface area contributed by atoms with E-state index in [4.69, 9.17) is 0 Å². The highest BCUT2D eigenvalue weighted by Crippen LogP contribution is 2.29. The topological polar surface area (TPSA) is 116 Å². The lowest BCUT2D eigenvalue weighted by Gasteiger charge is -2.26. The Labute approximate surface area is 248 Å². The molecule has 1 aliphatic carbocycles. The molecule has 1 atom stereocenters. The average Bonchev–Trinajstić information content (AvgIpc) is 3.50. The van der Waals surface area contributed by atoms with Crippen molar-refractivity contribution in [2.75, 3.05) is 10.2 Å². The lowest BCUT2D eigenvalue weighted by atomic mass is 9.93. The van der Waals surface area contributed by atoms with Crippen molar-refractivity contribution in [2.45, 2.75) is 52.6 Å². The second-order valence-corrected chi connectivity index (χ2v) is 10.6. The first-order valence-corrected chi connectivity index (χ1v) is 14.0. The number of amides is 3. The van der Waals surface area contributed by atoms with E-state index in [1.165, 1.54) is 24.0 Å². The predicted molar refractivity (Wildman–Crippen MR) is 165 cm³/mol. The Morgan fingerprint density at radius 1 is 1.00 bits per heavy atom. The third-order valence-electron chi connectivity index (χ3n) is 6.92. The number of H-pyrrole nitrogens is 1. The van der Waals surface area contributed by atoms with Crippen LogP contribution in [0.3, 0.4) is 0 Å². The van der Waals surface area contributed by atoms with Gasteiger partial charge < -0.3 is 5.32 Å². The van der Waals surface area contributed by atoms with Gasteiger partial charge >= 0.3 is 6.03 Å². The first-order valence-electron chi connectivity index (χ1n) is 13.2. The minimum absolute atomic E-state index is 0. The number of carbonyl (C=O) groups excluding carboxylic acids is 2. The molecular weight excluding hydrogens is 582 g/mol. The van der Waals surface area contributed by atoms with Gasteiger partial charge in [0.25, 0.3) is 11.9 Å². The smallest absolute Gasteiger partial charge is 0.322 e. The number of aromatic nitrogens is 4. The highest BCUT2D eigenvalue weighted by atomic mass is 79.9. The summed E-state index contributed by atoms with van der Waals surface area (Å²) in [5, 5.41) is 18.9. The SMILES string of the molecule is C.CC(NC(=O)N(Cc1ccc(C(=O)Nc2nn[nH]n2)cc1)c1ccc(C2=CCCCC2)cc1)c1ccc(Br)cc1. The number of allylic oxidation sites excluding steroid dienone is 2. The molecule has 3 aromatic carbocycles. The monoisotopic (exact) mass is 615 g/mol. The molecule has 1 aromatic heterocycles. The first-order chi connectivity index (χ1) is 19.5. The fourth-order valence-electron chi connectivity index (χ4n) is 4.67. The van der Waals surface area contributed by atoms with Crippen molar-refractivity contribution in [1.82, 2.24) is 25.9 Å². The Balaban J connectivity index is 0.00000387. The molecule has 0 fully saturated rings. The molecule has 0 aliphatic heterocycles. The fourth-order valence-corrected chi connectivity index (χ4v) is 4.93. The van der Waals surface area contributed by atoms with Crippen LogP contribution in [0.2, 0.25) is 0 Å². The van der Waals surface area contributed by atoms with Gasteiger partial charge in [0, 0.05) is 15.7 Å². The maximum atomic E-state index is 13.6. The molecule has 1 unspecified atom stereocenters. The van der Waals surface area contributed by atoms with Gasteiger partial charge in [0.05, 0.1) is 12.6 Å². The Bertz CT molecular complexity index is 1470. The summed E-state index contributed by atoms with van der Waals surface area (Å²) < 4.78 is 0.985. The number of urea groups is 1. The molecule has 41 heavy (non-hydrogen) atoms. The van der Waals surface area contributed by atoms with Crippen LogP contribution in [0.1, 0.15) is 73.1 Å². The maximum absolute atomic E-state index is 13.6. The summed E-state index contributed by atoms with van der Waals surface area (Å²) in [5.41, 5.74) is 5.68. The number of nitrogens with zero attached hydrogens (tertiary/aromatic N) is 4. The molecule has 0 saturated heterocycles. The third-order valence-corrected chi connectivity index (χ3v) is 7.45. The van der Waals surface area contributed by atoms with Crippen LogP contribution in [0.15, 0.2) is 83.3 Å². The third kappa shape index (κ3) is 7.67. The van der Waals surface area contributed by atoms with E-state index in [-0.39, 0.29) is 31.4 Å². The molecule has 10 heteroatoms. The van der Waals surface area contributed by atoms with E-state index in [0.29, 0.717) is 12.1 Å². The largest absolute Gasteiger partial charge is 0.331 e. The normalized spacial score (nSPS) is 13.4. The van der Waals surface area contributed by atoms with Gasteiger partial charge in [-0.3, -0.25) is 15.0 Å². The van der Waals surface area contributed by atoms with Crippen molar-refractivity contribution in [3.63, 3.8) is 0 Å². The molecular formula is C31H34BrN7O2. The molecule has 3 N–H and O–H groups in total. The highest BCUT2D eigenvalue weighted by Gasteiger charge is 2.20. The van der Waals surface area contributed by atoms with Gasteiger partial charge in [0.15, 0.2) is 0 Å². The summed E-state index contributed by atoms with van der Waals surface area (Å²) in [6.07, 6.45) is 6.96. The van der Waals surface area contributed by atoms with E-state index in [0.717, 1.165) is 34.1 Å². The summed E-state index contributed by atoms with van der Waals surface area (Å²) in [5.74, 6) is -0.247. The van der Waals surface area contributed by atoms with Crippen molar-refractivity contribution in [3.8, 4) is 0 Å². The highest BCUT2D eigenvalue weighted by molar-refractivity contribution is 9.10. The zero-order chi connectivity index (χ0) is 27.9. The molecule has 0 saturated carbocycles. The molecule has 212 valence electrons. The second kappa shape index (κ2) is 13.8. The van der Waals surface area contributed by atoms with Crippen molar-refractivity contribution >= 4 is 45.1 Å². The molecule has 1 heterocycles. The van der Waals surface area contributed by atoms with Gasteiger partial charge in [0.2, 0.25) is 0 Å². The van der Waals surface area contributed by atoms with Crippen molar-refractivity contribution in [1.29, 1.82) is 0 Å². The molecule has 9 nitrogen and oxygen atoms in total. The maximum Gasteiger partial charge on any atom is 0.322 e. The number of carbonyl (C=O) groups is 2. The van der Waals surface area contributed by atoms with E-state index >= 15 is 0 Å². The van der Waals surface area contributed by atoms with Crippen LogP contribution in [0.5, 0.6) is 0 Å². The van der Waals surface area contributed by atoms with Crippen LogP contribution in [0, 0.1) is 0 Å². The number of halogens is 1. The van der Waals surface area contributed by atoms with Crippen LogP contribution >= 0.6 is 15.9 Å². The van der Waals surface area contributed by atoms with Crippen LogP contribution < -0.4 is 15.5 Å². The lowest BCUT2D eigenvalue weighted by molar-refractivity contribution is 0.102. The van der Waals surface area contributed by atoms with Crippen LogP contribution in [0.4, 0.5) is 16.4 Å². The standard InChI is InChI=1S/C30H30BrN7O2.CH4/c1-20(22-11-15-26(31)16-12-22)32-30(40)38(27-17-13-24(14-18-27)23-5-3-2-4-6-23)19-21-7-9-25(10-8-21)28(39)33-29-34-36-37-35-29;/h5,7-18,20H,2-4,6,19H2,1H3,(H,32,40)(H2,33,34,35,36,37,39);1H4. The Morgan fingerprint density at radius 2 is 1.73 bits per heavy atom. The molecule has 4 aromatic rings. The minimum atomic E-state index is -0.349. The summed E-state index contributed by atoms with van der Waals surface area (Å²) in [6.45, 7) is 2.29.